The second kappa shape index (κ2) is 16.8. The lowest BCUT2D eigenvalue weighted by molar-refractivity contribution is 0.295. The average molecular weight is 610 g/mol. The zero-order valence-electron chi connectivity index (χ0n) is 23.1. The normalized spacial score (nSPS) is 12.1. The van der Waals surface area contributed by atoms with Crippen molar-refractivity contribution in [3.63, 3.8) is 0 Å². The van der Waals surface area contributed by atoms with Crippen molar-refractivity contribution in [2.24, 2.45) is 0 Å². The summed E-state index contributed by atoms with van der Waals surface area (Å²) < 4.78 is 57.2. The van der Waals surface area contributed by atoms with E-state index in [4.69, 9.17) is 30.4 Å². The third kappa shape index (κ3) is 15.2. The largest absolute Gasteiger partial charge is 0.497 e. The second-order valence-corrected chi connectivity index (χ2v) is 12.1. The van der Waals surface area contributed by atoms with Crippen LogP contribution in [-0.4, -0.2) is 86.6 Å². The molecular formula is C25H40ClN3O8S2. The van der Waals surface area contributed by atoms with Gasteiger partial charge in [-0.15, -0.1) is 0 Å². The van der Waals surface area contributed by atoms with E-state index >= 15 is 0 Å². The number of benzene rings is 2. The quantitative estimate of drug-likeness (QED) is 0.236. The van der Waals surface area contributed by atoms with Crippen molar-refractivity contribution in [2.45, 2.75) is 39.7 Å². The van der Waals surface area contributed by atoms with Gasteiger partial charge in [0.2, 0.25) is 0 Å². The van der Waals surface area contributed by atoms with E-state index < -0.39 is 20.2 Å². The first kappa shape index (κ1) is 36.7. The summed E-state index contributed by atoms with van der Waals surface area (Å²) in [6, 6.07) is 12.3. The van der Waals surface area contributed by atoms with Gasteiger partial charge in [0.1, 0.15) is 5.75 Å². The van der Waals surface area contributed by atoms with E-state index in [1.165, 1.54) is 6.42 Å². The Hall–Kier alpha value is -2.26. The number of pyridine rings is 1. The Balaban J connectivity index is 0.00000113. The molecule has 0 spiro atoms. The molecule has 3 rings (SSSR count). The van der Waals surface area contributed by atoms with Crippen LogP contribution >= 0.6 is 11.6 Å². The number of rotatable bonds is 9. The fourth-order valence-corrected chi connectivity index (χ4v) is 3.82. The lowest BCUT2D eigenvalue weighted by atomic mass is 10.1. The Bertz CT molecular complexity index is 1350. The van der Waals surface area contributed by atoms with E-state index in [2.05, 4.69) is 43.1 Å². The van der Waals surface area contributed by atoms with Crippen molar-refractivity contribution < 1.29 is 36.2 Å². The van der Waals surface area contributed by atoms with Crippen LogP contribution in [0, 0.1) is 0 Å². The summed E-state index contributed by atoms with van der Waals surface area (Å²) in [5.41, 5.74) is 2.95. The number of nitrogens with one attached hydrogen (secondary N) is 1. The average Bonchev–Trinajstić information content (AvgIpc) is 2.79. The van der Waals surface area contributed by atoms with E-state index in [0.29, 0.717) is 23.6 Å². The molecule has 0 fully saturated rings. The third-order valence-corrected chi connectivity index (χ3v) is 5.57. The minimum Gasteiger partial charge on any atom is -0.497 e. The maximum atomic E-state index is 9.19. The Morgan fingerprint density at radius 2 is 1.54 bits per heavy atom. The van der Waals surface area contributed by atoms with Gasteiger partial charge in [-0.2, -0.15) is 16.8 Å². The first-order chi connectivity index (χ1) is 17.5. The number of hydrogen-bond donors (Lipinski definition) is 3. The molecule has 2 aromatic carbocycles. The van der Waals surface area contributed by atoms with Crippen molar-refractivity contribution in [3.8, 4) is 5.75 Å². The Morgan fingerprint density at radius 1 is 0.974 bits per heavy atom. The van der Waals surface area contributed by atoms with Gasteiger partial charge in [0.15, 0.2) is 0 Å². The van der Waals surface area contributed by atoms with Gasteiger partial charge in [-0.25, -0.2) is 4.98 Å². The molecule has 0 aliphatic heterocycles. The molecule has 5 N–H and O–H groups in total. The predicted octanol–water partition coefficient (Wildman–Crippen LogP) is 4.16. The third-order valence-electron chi connectivity index (χ3n) is 5.34. The van der Waals surface area contributed by atoms with Gasteiger partial charge >= 0.3 is 0 Å². The number of fused-ring (bicyclic) bond motifs is 2. The zero-order valence-corrected chi connectivity index (χ0v) is 25.5. The molecule has 0 bridgehead atoms. The van der Waals surface area contributed by atoms with Gasteiger partial charge in [-0.3, -0.25) is 9.11 Å². The molecule has 14 heteroatoms. The van der Waals surface area contributed by atoms with Crippen LogP contribution in [0.25, 0.3) is 21.8 Å². The lowest BCUT2D eigenvalue weighted by Gasteiger charge is -2.22. The van der Waals surface area contributed by atoms with Crippen LogP contribution < -0.4 is 10.1 Å². The van der Waals surface area contributed by atoms with Crippen LogP contribution in [-0.2, 0) is 20.2 Å². The van der Waals surface area contributed by atoms with Crippen LogP contribution in [0.5, 0.6) is 5.75 Å². The van der Waals surface area contributed by atoms with Crippen LogP contribution in [0.15, 0.2) is 36.4 Å². The first-order valence-corrected chi connectivity index (χ1v) is 16.0. The van der Waals surface area contributed by atoms with Crippen LogP contribution in [0.4, 0.5) is 5.69 Å². The highest BCUT2D eigenvalue weighted by molar-refractivity contribution is 7.85. The number of nitrogens with zero attached hydrogens (tertiary/aromatic N) is 2. The number of aromatic nitrogens is 1. The number of halogens is 1. The molecule has 0 radical (unpaired) electrons. The maximum Gasteiger partial charge on any atom is 0.261 e. The monoisotopic (exact) mass is 609 g/mol. The van der Waals surface area contributed by atoms with Gasteiger partial charge in [0.05, 0.1) is 36.3 Å². The molecular weight excluding hydrogens is 570 g/mol. The molecule has 222 valence electrons. The number of anilines is 1. The highest BCUT2D eigenvalue weighted by atomic mass is 35.5. The highest BCUT2D eigenvalue weighted by Crippen LogP contribution is 2.34. The molecule has 0 saturated heterocycles. The summed E-state index contributed by atoms with van der Waals surface area (Å²) in [6.07, 6.45) is 3.71. The van der Waals surface area contributed by atoms with Crippen molar-refractivity contribution in [3.05, 3.63) is 41.4 Å². The first-order valence-electron chi connectivity index (χ1n) is 12.0. The van der Waals surface area contributed by atoms with Gasteiger partial charge in [-0.05, 0) is 75.8 Å². The fraction of sp³-hybridized carbons (Fsp3) is 0.480. The summed E-state index contributed by atoms with van der Waals surface area (Å²) in [5.74, 6) is 0.833. The summed E-state index contributed by atoms with van der Waals surface area (Å²) in [4.78, 5) is 7.27. The molecule has 0 saturated carbocycles. The van der Waals surface area contributed by atoms with Gasteiger partial charge in [0, 0.05) is 21.8 Å². The van der Waals surface area contributed by atoms with Crippen molar-refractivity contribution in [1.82, 2.24) is 9.88 Å². The van der Waals surface area contributed by atoms with Gasteiger partial charge in [-0.1, -0.05) is 25.4 Å². The summed E-state index contributed by atoms with van der Waals surface area (Å²) in [7, 11) is -5.64. The summed E-state index contributed by atoms with van der Waals surface area (Å²) >= 11 is 6.22. The van der Waals surface area contributed by atoms with Crippen molar-refractivity contribution in [2.75, 3.05) is 44.6 Å². The second-order valence-electron chi connectivity index (χ2n) is 8.71. The topological polar surface area (TPSA) is 178 Å². The molecule has 11 nitrogen and oxygen atoms in total. The highest BCUT2D eigenvalue weighted by Gasteiger charge is 2.13. The van der Waals surface area contributed by atoms with Crippen LogP contribution in [0.2, 0.25) is 5.02 Å². The minimum absolute atomic E-state index is 0. The number of hydrogen-bond acceptors (Lipinski definition) is 8. The van der Waals surface area contributed by atoms with Crippen LogP contribution in [0.3, 0.4) is 0 Å². The minimum atomic E-state index is -3.67. The van der Waals surface area contributed by atoms with E-state index in [0.717, 1.165) is 59.3 Å². The molecule has 1 unspecified atom stereocenters. The maximum absolute atomic E-state index is 9.19. The molecule has 0 aliphatic carbocycles. The summed E-state index contributed by atoms with van der Waals surface area (Å²) in [5, 5.41) is 6.61. The van der Waals surface area contributed by atoms with E-state index in [9.17, 15) is 16.8 Å². The molecule has 39 heavy (non-hydrogen) atoms. The van der Waals surface area contributed by atoms with E-state index in [1.54, 1.807) is 7.11 Å². The fourth-order valence-electron chi connectivity index (χ4n) is 3.66. The standard InChI is InChI=1S/C23H30ClN3O.2CH4O3S.H2O/c1-5-27(6-2)13-7-8-16(3)25-23-19-11-9-17(24)14-22(19)26-21-12-10-18(28-4)15-20(21)23;2*1-5(2,3)4;/h9-12,14-16H,5-8,13H2,1-4H3,(H,25,26);2*1H3,(H,2,3,4);1H2. The Labute approximate surface area is 236 Å². The van der Waals surface area contributed by atoms with Crippen molar-refractivity contribution in [1.29, 1.82) is 0 Å². The van der Waals surface area contributed by atoms with E-state index in [1.807, 2.05) is 24.3 Å². The number of methoxy groups -OCH3 is 1. The molecule has 0 aliphatic rings. The lowest BCUT2D eigenvalue weighted by Crippen LogP contribution is -2.25. The van der Waals surface area contributed by atoms with Crippen LogP contribution in [0.1, 0.15) is 33.6 Å². The van der Waals surface area contributed by atoms with E-state index in [-0.39, 0.29) is 5.48 Å². The van der Waals surface area contributed by atoms with Gasteiger partial charge in [0.25, 0.3) is 20.2 Å². The Morgan fingerprint density at radius 3 is 2.05 bits per heavy atom. The Kier molecular flexibility index (Phi) is 15.8. The predicted molar refractivity (Wildman–Crippen MR) is 159 cm³/mol. The molecule has 1 atom stereocenters. The molecule has 3 aromatic rings. The zero-order chi connectivity index (χ0) is 29.1. The number of ether oxygens (including phenoxy) is 1. The summed E-state index contributed by atoms with van der Waals surface area (Å²) in [6.45, 7) is 10.0. The van der Waals surface area contributed by atoms with Crippen molar-refractivity contribution >= 4 is 59.3 Å². The molecule has 1 aromatic heterocycles. The SMILES string of the molecule is CCN(CC)CCCC(C)Nc1c2ccc(Cl)cc2nc2ccc(OC)cc12.CS(=O)(=O)O.CS(=O)(=O)O.O. The molecule has 1 heterocycles. The molecule has 0 amide bonds. The smallest absolute Gasteiger partial charge is 0.261 e. The van der Waals surface area contributed by atoms with Gasteiger partial charge < -0.3 is 20.4 Å².